The van der Waals surface area contributed by atoms with Crippen molar-refractivity contribution in [3.05, 3.63) is 39.8 Å². The molecule has 0 unspecified atom stereocenters. The Bertz CT molecular complexity index is 722. The molecule has 128 valence electrons. The summed E-state index contributed by atoms with van der Waals surface area (Å²) >= 11 is 1.76. The largest absolute Gasteiger partial charge is 0.352 e. The van der Waals surface area contributed by atoms with Gasteiger partial charge in [0.2, 0.25) is 11.8 Å². The molecular formula is C17H22N4O2S. The fourth-order valence-corrected chi connectivity index (χ4v) is 3.69. The van der Waals surface area contributed by atoms with E-state index >= 15 is 0 Å². The molecule has 2 aromatic heterocycles. The van der Waals surface area contributed by atoms with Gasteiger partial charge in [-0.3, -0.25) is 14.3 Å². The van der Waals surface area contributed by atoms with Gasteiger partial charge in [0.15, 0.2) is 0 Å². The lowest BCUT2D eigenvalue weighted by Gasteiger charge is -2.27. The molecule has 6 nitrogen and oxygen atoms in total. The molecule has 1 aliphatic rings. The van der Waals surface area contributed by atoms with Crippen LogP contribution >= 0.6 is 11.3 Å². The van der Waals surface area contributed by atoms with Crippen LogP contribution < -0.4 is 5.32 Å². The van der Waals surface area contributed by atoms with E-state index in [-0.39, 0.29) is 24.7 Å². The maximum atomic E-state index is 12.3. The summed E-state index contributed by atoms with van der Waals surface area (Å²) in [5.41, 5.74) is 2.22. The van der Waals surface area contributed by atoms with Crippen LogP contribution in [0.5, 0.6) is 0 Å². The van der Waals surface area contributed by atoms with Crippen molar-refractivity contribution < 1.29 is 9.59 Å². The van der Waals surface area contributed by atoms with Crippen LogP contribution in [0.15, 0.2) is 23.8 Å². The van der Waals surface area contributed by atoms with Gasteiger partial charge in [0.25, 0.3) is 0 Å². The second kappa shape index (κ2) is 7.61. The van der Waals surface area contributed by atoms with Crippen LogP contribution in [0.3, 0.4) is 0 Å². The van der Waals surface area contributed by atoms with Crippen molar-refractivity contribution >= 4 is 23.2 Å². The predicted octanol–water partition coefficient (Wildman–Crippen LogP) is 1.95. The summed E-state index contributed by atoms with van der Waals surface area (Å²) in [5.74, 6) is -0.0402. The van der Waals surface area contributed by atoms with Crippen molar-refractivity contribution in [3.8, 4) is 0 Å². The molecule has 0 saturated carbocycles. The third kappa shape index (κ3) is 4.03. The van der Waals surface area contributed by atoms with Gasteiger partial charge in [-0.05, 0) is 30.4 Å². The Morgan fingerprint density at radius 1 is 1.38 bits per heavy atom. The van der Waals surface area contributed by atoms with Crippen molar-refractivity contribution in [2.45, 2.75) is 45.8 Å². The monoisotopic (exact) mass is 346 g/mol. The zero-order chi connectivity index (χ0) is 16.9. The average Bonchev–Trinajstić information content (AvgIpc) is 3.25. The maximum Gasteiger partial charge on any atom is 0.223 e. The van der Waals surface area contributed by atoms with Gasteiger partial charge in [-0.1, -0.05) is 0 Å². The van der Waals surface area contributed by atoms with E-state index in [2.05, 4.69) is 21.9 Å². The number of fused-ring (bicyclic) bond motifs is 1. The lowest BCUT2D eigenvalue weighted by molar-refractivity contribution is -0.134. The van der Waals surface area contributed by atoms with Gasteiger partial charge in [0.05, 0.1) is 6.20 Å². The number of thiophene rings is 1. The van der Waals surface area contributed by atoms with Crippen LogP contribution in [-0.4, -0.2) is 33.0 Å². The van der Waals surface area contributed by atoms with E-state index in [0.29, 0.717) is 13.1 Å². The van der Waals surface area contributed by atoms with E-state index in [1.165, 1.54) is 10.4 Å². The maximum absolute atomic E-state index is 12.3. The zero-order valence-electron chi connectivity index (χ0n) is 13.8. The number of amides is 2. The minimum absolute atomic E-state index is 0.0563. The molecule has 1 aliphatic heterocycles. The number of hydrogen-bond donors (Lipinski definition) is 1. The van der Waals surface area contributed by atoms with Crippen molar-refractivity contribution in [1.82, 2.24) is 20.0 Å². The van der Waals surface area contributed by atoms with E-state index in [1.54, 1.807) is 17.5 Å². The fraction of sp³-hybridized carbons (Fsp3) is 0.471. The number of carbonyl (C=O) groups is 2. The summed E-state index contributed by atoms with van der Waals surface area (Å²) in [7, 11) is 0. The number of rotatable bonds is 6. The predicted molar refractivity (Wildman–Crippen MR) is 92.4 cm³/mol. The first-order valence-electron chi connectivity index (χ1n) is 8.26. The number of aromatic nitrogens is 2. The van der Waals surface area contributed by atoms with Crippen LogP contribution in [-0.2, 0) is 35.6 Å². The van der Waals surface area contributed by atoms with Gasteiger partial charge in [0, 0.05) is 55.7 Å². The lowest BCUT2D eigenvalue weighted by Crippen LogP contribution is -2.36. The highest BCUT2D eigenvalue weighted by molar-refractivity contribution is 7.10. The van der Waals surface area contributed by atoms with Crippen molar-refractivity contribution in [2.75, 3.05) is 6.54 Å². The SMILES string of the molecule is CCn1cc(CNC(=O)CCC(=O)N2CCc3sccc3C2)cn1. The van der Waals surface area contributed by atoms with Gasteiger partial charge in [-0.15, -0.1) is 11.3 Å². The summed E-state index contributed by atoms with van der Waals surface area (Å²) in [5, 5.41) is 9.09. The first-order valence-corrected chi connectivity index (χ1v) is 9.14. The van der Waals surface area contributed by atoms with Crippen molar-refractivity contribution in [2.24, 2.45) is 0 Å². The lowest BCUT2D eigenvalue weighted by atomic mass is 10.1. The minimum atomic E-state index is -0.0965. The van der Waals surface area contributed by atoms with Gasteiger partial charge in [0.1, 0.15) is 0 Å². The summed E-state index contributed by atoms with van der Waals surface area (Å²) in [6.45, 7) is 4.71. The molecule has 0 saturated heterocycles. The van der Waals surface area contributed by atoms with Crippen LogP contribution in [0.2, 0.25) is 0 Å². The molecule has 0 bridgehead atoms. The fourth-order valence-electron chi connectivity index (χ4n) is 2.80. The zero-order valence-corrected chi connectivity index (χ0v) is 14.6. The smallest absolute Gasteiger partial charge is 0.223 e. The summed E-state index contributed by atoms with van der Waals surface area (Å²) < 4.78 is 1.82. The molecule has 3 rings (SSSR count). The highest BCUT2D eigenvalue weighted by atomic mass is 32.1. The van der Waals surface area contributed by atoms with E-state index < -0.39 is 0 Å². The quantitative estimate of drug-likeness (QED) is 0.869. The topological polar surface area (TPSA) is 67.2 Å². The second-order valence-corrected chi connectivity index (χ2v) is 6.92. The van der Waals surface area contributed by atoms with E-state index in [4.69, 9.17) is 0 Å². The molecule has 1 N–H and O–H groups in total. The first kappa shape index (κ1) is 16.7. The second-order valence-electron chi connectivity index (χ2n) is 5.92. The Morgan fingerprint density at radius 2 is 2.25 bits per heavy atom. The molecule has 2 aromatic rings. The van der Waals surface area contributed by atoms with Crippen molar-refractivity contribution in [3.63, 3.8) is 0 Å². The number of hydrogen-bond acceptors (Lipinski definition) is 4. The molecule has 7 heteroatoms. The van der Waals surface area contributed by atoms with E-state index in [0.717, 1.165) is 25.1 Å². The molecule has 0 aliphatic carbocycles. The first-order chi connectivity index (χ1) is 11.7. The Labute approximate surface area is 145 Å². The van der Waals surface area contributed by atoms with Gasteiger partial charge >= 0.3 is 0 Å². The normalized spacial score (nSPS) is 13.6. The van der Waals surface area contributed by atoms with Gasteiger partial charge in [-0.25, -0.2) is 0 Å². The molecule has 0 radical (unpaired) electrons. The van der Waals surface area contributed by atoms with Gasteiger partial charge in [-0.2, -0.15) is 5.10 Å². The highest BCUT2D eigenvalue weighted by Gasteiger charge is 2.21. The molecule has 0 spiro atoms. The summed E-state index contributed by atoms with van der Waals surface area (Å²) in [4.78, 5) is 27.5. The molecule has 0 fully saturated rings. The number of carbonyl (C=O) groups excluding carboxylic acids is 2. The van der Waals surface area contributed by atoms with Crippen molar-refractivity contribution in [1.29, 1.82) is 0 Å². The molecular weight excluding hydrogens is 324 g/mol. The molecule has 3 heterocycles. The Morgan fingerprint density at radius 3 is 3.04 bits per heavy atom. The number of nitrogens with zero attached hydrogens (tertiary/aromatic N) is 3. The third-order valence-corrected chi connectivity index (χ3v) is 5.25. The molecule has 2 amide bonds. The van der Waals surface area contributed by atoms with Crippen LogP contribution in [0.25, 0.3) is 0 Å². The van der Waals surface area contributed by atoms with E-state index in [1.807, 2.05) is 22.7 Å². The van der Waals surface area contributed by atoms with Crippen LogP contribution in [0.1, 0.15) is 35.8 Å². The van der Waals surface area contributed by atoms with Crippen LogP contribution in [0, 0.1) is 0 Å². The molecule has 24 heavy (non-hydrogen) atoms. The van der Waals surface area contributed by atoms with Gasteiger partial charge < -0.3 is 10.2 Å². The summed E-state index contributed by atoms with van der Waals surface area (Å²) in [6.07, 6.45) is 5.08. The van der Waals surface area contributed by atoms with Crippen LogP contribution in [0.4, 0.5) is 0 Å². The Hall–Kier alpha value is -2.15. The highest BCUT2D eigenvalue weighted by Crippen LogP contribution is 2.24. The molecule has 0 aromatic carbocycles. The number of aryl methyl sites for hydroxylation is 1. The summed E-state index contributed by atoms with van der Waals surface area (Å²) in [6, 6.07) is 2.09. The van der Waals surface area contributed by atoms with E-state index in [9.17, 15) is 9.59 Å². The molecule has 0 atom stereocenters. The number of nitrogens with one attached hydrogen (secondary N) is 1. The Balaban J connectivity index is 1.40. The standard InChI is InChI=1S/C17H22N4O2S/c1-2-21-11-13(10-19-21)9-18-16(22)3-4-17(23)20-7-5-15-14(12-20)6-8-24-15/h6,8,10-11H,2-5,7,9,12H2,1H3,(H,18,22). The average molecular weight is 346 g/mol. The Kier molecular flexibility index (Phi) is 5.30. The minimum Gasteiger partial charge on any atom is -0.352 e. The third-order valence-electron chi connectivity index (χ3n) is 4.23.